The topological polar surface area (TPSA) is 98.7 Å². The molecule has 0 unspecified atom stereocenters. The predicted molar refractivity (Wildman–Crippen MR) is 91.8 cm³/mol. The van der Waals surface area contributed by atoms with Gasteiger partial charge in [0.25, 0.3) is 5.91 Å². The number of amides is 3. The molecule has 1 aromatic rings. The minimum atomic E-state index is -0.768. The third-order valence-electron chi connectivity index (χ3n) is 4.86. The first-order valence-corrected chi connectivity index (χ1v) is 8.65. The molecule has 1 spiro atoms. The van der Waals surface area contributed by atoms with E-state index in [0.717, 1.165) is 6.54 Å². The van der Waals surface area contributed by atoms with Crippen molar-refractivity contribution < 1.29 is 19.5 Å². The fourth-order valence-corrected chi connectivity index (χ4v) is 3.54. The van der Waals surface area contributed by atoms with Crippen LogP contribution >= 0.6 is 11.6 Å². The van der Waals surface area contributed by atoms with E-state index < -0.39 is 11.6 Å². The zero-order chi connectivity index (χ0) is 18.0. The van der Waals surface area contributed by atoms with Gasteiger partial charge in [0.15, 0.2) is 5.78 Å². The molecule has 3 N–H and O–H groups in total. The second-order valence-corrected chi connectivity index (χ2v) is 6.96. The number of nitrogens with one attached hydrogen (secondary N) is 2. The van der Waals surface area contributed by atoms with Crippen LogP contribution in [0.1, 0.15) is 36.0 Å². The molecule has 3 amide bonds. The lowest BCUT2D eigenvalue weighted by molar-refractivity contribution is -0.125. The molecule has 2 aliphatic rings. The lowest BCUT2D eigenvalue weighted by Crippen LogP contribution is -2.54. The Labute approximate surface area is 150 Å². The number of imide groups is 1. The van der Waals surface area contributed by atoms with Crippen molar-refractivity contribution in [2.24, 2.45) is 0 Å². The second kappa shape index (κ2) is 7.01. The molecular formula is C17H20ClN3O4. The fourth-order valence-electron chi connectivity index (χ4n) is 3.37. The first-order valence-electron chi connectivity index (χ1n) is 8.27. The van der Waals surface area contributed by atoms with E-state index in [9.17, 15) is 19.5 Å². The van der Waals surface area contributed by atoms with E-state index >= 15 is 0 Å². The Hall–Kier alpha value is -2.12. The van der Waals surface area contributed by atoms with Gasteiger partial charge in [-0.05, 0) is 44.0 Å². The van der Waals surface area contributed by atoms with Crippen LogP contribution in [-0.2, 0) is 4.79 Å². The lowest BCUT2D eigenvalue weighted by Gasteiger charge is -2.36. The highest BCUT2D eigenvalue weighted by atomic mass is 35.5. The van der Waals surface area contributed by atoms with Crippen molar-refractivity contribution in [1.29, 1.82) is 0 Å². The molecule has 0 saturated carbocycles. The fraction of sp³-hybridized carbons (Fsp3) is 0.471. The summed E-state index contributed by atoms with van der Waals surface area (Å²) in [5.41, 5.74) is -0.522. The molecule has 7 nitrogen and oxygen atoms in total. The van der Waals surface area contributed by atoms with Crippen molar-refractivity contribution >= 4 is 29.3 Å². The van der Waals surface area contributed by atoms with Crippen LogP contribution < -0.4 is 10.6 Å². The summed E-state index contributed by atoms with van der Waals surface area (Å²) in [6.07, 6.45) is 2.09. The Balaban J connectivity index is 1.46. The minimum absolute atomic E-state index is 0.0581. The van der Waals surface area contributed by atoms with Crippen LogP contribution in [0.4, 0.5) is 4.79 Å². The van der Waals surface area contributed by atoms with E-state index in [1.54, 1.807) is 0 Å². The third-order valence-corrected chi connectivity index (χ3v) is 5.10. The number of rotatable bonds is 5. The normalized spacial score (nSPS) is 19.7. The molecule has 8 heteroatoms. The molecule has 0 bridgehead atoms. The maximum Gasteiger partial charge on any atom is 0.322 e. The van der Waals surface area contributed by atoms with Crippen LogP contribution in [0.3, 0.4) is 0 Å². The molecule has 0 radical (unpaired) electrons. The molecule has 134 valence electrons. The highest BCUT2D eigenvalue weighted by molar-refractivity contribution is 6.31. The summed E-state index contributed by atoms with van der Waals surface area (Å²) < 4.78 is 0. The van der Waals surface area contributed by atoms with Gasteiger partial charge in [-0.15, -0.1) is 0 Å². The number of phenolic OH excluding ortho intramolecular Hbond substituents is 1. The van der Waals surface area contributed by atoms with Gasteiger partial charge in [0.2, 0.25) is 0 Å². The predicted octanol–water partition coefficient (Wildman–Crippen LogP) is 1.68. The first-order chi connectivity index (χ1) is 11.9. The zero-order valence-electron chi connectivity index (χ0n) is 13.7. The van der Waals surface area contributed by atoms with Crippen molar-refractivity contribution in [2.75, 3.05) is 19.6 Å². The third kappa shape index (κ3) is 3.77. The molecular weight excluding hydrogens is 346 g/mol. The molecule has 0 atom stereocenters. The number of halogens is 1. The highest BCUT2D eigenvalue weighted by Crippen LogP contribution is 2.26. The van der Waals surface area contributed by atoms with Crippen molar-refractivity contribution in [3.05, 3.63) is 28.8 Å². The molecule has 2 fully saturated rings. The Morgan fingerprint density at radius 1 is 1.28 bits per heavy atom. The minimum Gasteiger partial charge on any atom is -0.507 e. The average Bonchev–Trinajstić information content (AvgIpc) is 2.85. The Morgan fingerprint density at radius 2 is 2.00 bits per heavy atom. The monoisotopic (exact) mass is 365 g/mol. The Bertz CT molecular complexity index is 714. The van der Waals surface area contributed by atoms with E-state index in [0.29, 0.717) is 43.8 Å². The molecule has 2 saturated heterocycles. The number of nitrogens with zero attached hydrogens (tertiary/aromatic N) is 1. The van der Waals surface area contributed by atoms with Crippen molar-refractivity contribution in [3.63, 3.8) is 0 Å². The van der Waals surface area contributed by atoms with Crippen molar-refractivity contribution in [1.82, 2.24) is 15.5 Å². The summed E-state index contributed by atoms with van der Waals surface area (Å²) in [6, 6.07) is 4.01. The Morgan fingerprint density at radius 3 is 2.64 bits per heavy atom. The number of hydrogen-bond donors (Lipinski definition) is 3. The van der Waals surface area contributed by atoms with E-state index in [2.05, 4.69) is 15.5 Å². The van der Waals surface area contributed by atoms with E-state index in [1.807, 2.05) is 0 Å². The molecule has 0 aromatic heterocycles. The molecule has 0 aliphatic carbocycles. The van der Waals surface area contributed by atoms with Gasteiger partial charge in [-0.25, -0.2) is 4.79 Å². The number of aromatic hydroxyl groups is 1. The largest absolute Gasteiger partial charge is 0.507 e. The standard InChI is InChI=1S/C17H20ClN3O4/c18-11-3-4-14(23)12(10-11)13(22)2-1-7-21-8-5-17(6-9-21)15(24)19-16(25)20-17/h3-4,10,23H,1-2,5-9H2,(H2,19,20,24,25). The number of Topliss-reactive ketones (excluding diaryl/α,β-unsaturated/α-hetero) is 1. The van der Waals surface area contributed by atoms with Crippen LogP contribution in [0.15, 0.2) is 18.2 Å². The number of benzene rings is 1. The number of ketones is 1. The van der Waals surface area contributed by atoms with Crippen LogP contribution in [0.5, 0.6) is 5.75 Å². The molecule has 25 heavy (non-hydrogen) atoms. The summed E-state index contributed by atoms with van der Waals surface area (Å²) in [7, 11) is 0. The highest BCUT2D eigenvalue weighted by Gasteiger charge is 2.47. The number of likely N-dealkylation sites (tertiary alicyclic amines) is 1. The Kier molecular flexibility index (Phi) is 4.96. The van der Waals surface area contributed by atoms with Gasteiger partial charge in [0.05, 0.1) is 5.56 Å². The van der Waals surface area contributed by atoms with Crippen LogP contribution in [0.2, 0.25) is 5.02 Å². The van der Waals surface area contributed by atoms with Gasteiger partial charge >= 0.3 is 6.03 Å². The number of phenols is 1. The molecule has 2 aliphatic heterocycles. The summed E-state index contributed by atoms with van der Waals surface area (Å²) >= 11 is 5.86. The summed E-state index contributed by atoms with van der Waals surface area (Å²) in [5.74, 6) is -0.447. The molecule has 3 rings (SSSR count). The number of piperidine rings is 1. The summed E-state index contributed by atoms with van der Waals surface area (Å²) in [4.78, 5) is 37.6. The number of urea groups is 1. The number of hydrogen-bond acceptors (Lipinski definition) is 5. The van der Waals surface area contributed by atoms with Crippen LogP contribution in [0, 0.1) is 0 Å². The first kappa shape index (κ1) is 17.7. The second-order valence-electron chi connectivity index (χ2n) is 6.52. The van der Waals surface area contributed by atoms with Gasteiger partial charge in [-0.2, -0.15) is 0 Å². The molecule has 1 aromatic carbocycles. The molecule has 2 heterocycles. The van der Waals surface area contributed by atoms with Crippen LogP contribution in [-0.4, -0.2) is 52.9 Å². The van der Waals surface area contributed by atoms with Crippen LogP contribution in [0.25, 0.3) is 0 Å². The van der Waals surface area contributed by atoms with Gasteiger partial charge in [0, 0.05) is 24.5 Å². The van der Waals surface area contributed by atoms with Crippen molar-refractivity contribution in [2.45, 2.75) is 31.2 Å². The number of carbonyl (C=O) groups excluding carboxylic acids is 3. The van der Waals surface area contributed by atoms with Gasteiger partial charge in [-0.1, -0.05) is 11.6 Å². The van der Waals surface area contributed by atoms with E-state index in [1.165, 1.54) is 18.2 Å². The van der Waals surface area contributed by atoms with Gasteiger partial charge in [0.1, 0.15) is 11.3 Å². The van der Waals surface area contributed by atoms with Gasteiger partial charge < -0.3 is 15.3 Å². The van der Waals surface area contributed by atoms with Gasteiger partial charge in [-0.3, -0.25) is 14.9 Å². The summed E-state index contributed by atoms with van der Waals surface area (Å²) in [5, 5.41) is 15.2. The average molecular weight is 366 g/mol. The van der Waals surface area contributed by atoms with E-state index in [4.69, 9.17) is 11.6 Å². The SMILES string of the molecule is O=C1NC(=O)C2(CCN(CCCC(=O)c3cc(Cl)ccc3O)CC2)N1. The van der Waals surface area contributed by atoms with E-state index in [-0.39, 0.29) is 23.0 Å². The maximum atomic E-state index is 12.2. The smallest absolute Gasteiger partial charge is 0.322 e. The summed E-state index contributed by atoms with van der Waals surface area (Å²) in [6.45, 7) is 2.09. The zero-order valence-corrected chi connectivity index (χ0v) is 14.4. The van der Waals surface area contributed by atoms with Crippen molar-refractivity contribution in [3.8, 4) is 5.75 Å². The number of carbonyl (C=O) groups is 3. The maximum absolute atomic E-state index is 12.2. The lowest BCUT2D eigenvalue weighted by atomic mass is 9.87. The quantitative estimate of drug-likeness (QED) is 0.544.